The first kappa shape index (κ1) is 14.5. The molecule has 118 valence electrons. The largest absolute Gasteiger partial charge is 0.345 e. The molecular weight excluding hydrogens is 298 g/mol. The number of aromatic amines is 1. The van der Waals surface area contributed by atoms with Crippen LogP contribution in [0.3, 0.4) is 0 Å². The minimum Gasteiger partial charge on any atom is -0.345 e. The summed E-state index contributed by atoms with van der Waals surface area (Å²) in [4.78, 5) is 22.2. The molecule has 1 aromatic heterocycles. The van der Waals surface area contributed by atoms with E-state index in [0.717, 1.165) is 27.5 Å². The van der Waals surface area contributed by atoms with Crippen molar-refractivity contribution in [1.29, 1.82) is 0 Å². The van der Waals surface area contributed by atoms with Crippen molar-refractivity contribution >= 4 is 33.4 Å². The quantitative estimate of drug-likeness (QED) is 0.610. The minimum absolute atomic E-state index is 0.00893. The molecule has 24 heavy (non-hydrogen) atoms. The molecule has 0 bridgehead atoms. The van der Waals surface area contributed by atoms with E-state index in [1.165, 1.54) is 0 Å². The first-order valence-corrected chi connectivity index (χ1v) is 8.00. The van der Waals surface area contributed by atoms with Crippen LogP contribution in [-0.4, -0.2) is 22.4 Å². The smallest absolute Gasteiger partial charge is 0.258 e. The van der Waals surface area contributed by atoms with Gasteiger partial charge in [-0.25, -0.2) is 4.98 Å². The lowest BCUT2D eigenvalue weighted by Gasteiger charge is -2.23. The number of benzene rings is 3. The van der Waals surface area contributed by atoms with Gasteiger partial charge in [-0.05, 0) is 36.6 Å². The predicted molar refractivity (Wildman–Crippen MR) is 97.4 cm³/mol. The average Bonchev–Trinajstić information content (AvgIpc) is 3.10. The summed E-state index contributed by atoms with van der Waals surface area (Å²) in [6.45, 7) is 2.60. The summed E-state index contributed by atoms with van der Waals surface area (Å²) in [6, 6.07) is 19.7. The Bertz CT molecular complexity index is 1030. The summed E-state index contributed by atoms with van der Waals surface area (Å²) in [6.07, 6.45) is 1.64. The van der Waals surface area contributed by atoms with Crippen LogP contribution in [0.25, 0.3) is 21.8 Å². The number of anilines is 1. The molecule has 0 atom stereocenters. The fourth-order valence-corrected chi connectivity index (χ4v) is 3.09. The van der Waals surface area contributed by atoms with Gasteiger partial charge < -0.3 is 9.88 Å². The molecule has 0 saturated heterocycles. The number of aromatic nitrogens is 2. The van der Waals surface area contributed by atoms with Crippen molar-refractivity contribution in [3.05, 3.63) is 72.6 Å². The highest BCUT2D eigenvalue weighted by Gasteiger charge is 2.18. The highest BCUT2D eigenvalue weighted by molar-refractivity contribution is 6.11. The Hall–Kier alpha value is -3.14. The number of imidazole rings is 1. The van der Waals surface area contributed by atoms with Crippen LogP contribution in [0.2, 0.25) is 0 Å². The third-order valence-electron chi connectivity index (χ3n) is 4.29. The first-order chi connectivity index (χ1) is 11.8. The molecule has 0 spiro atoms. The standard InChI is InChI=1S/C20H17N3O/c1-2-23(19-9-5-7-14-6-3-4-8-16(14)19)20(24)15-10-11-17-18(12-15)22-13-21-17/h3-13H,2H2,1H3,(H,21,22). The van der Waals surface area contributed by atoms with Gasteiger partial charge in [0.2, 0.25) is 0 Å². The number of rotatable bonds is 3. The molecular formula is C20H17N3O. The Labute approximate surface area is 139 Å². The van der Waals surface area contributed by atoms with Crippen molar-refractivity contribution in [1.82, 2.24) is 9.97 Å². The van der Waals surface area contributed by atoms with Gasteiger partial charge in [-0.15, -0.1) is 0 Å². The average molecular weight is 315 g/mol. The number of carbonyl (C=O) groups excluding carboxylic acids is 1. The number of hydrogen-bond acceptors (Lipinski definition) is 2. The first-order valence-electron chi connectivity index (χ1n) is 8.00. The predicted octanol–water partition coefficient (Wildman–Crippen LogP) is 4.38. The van der Waals surface area contributed by atoms with Crippen molar-refractivity contribution < 1.29 is 4.79 Å². The molecule has 4 rings (SSSR count). The molecule has 0 radical (unpaired) electrons. The van der Waals surface area contributed by atoms with E-state index in [1.54, 1.807) is 6.33 Å². The molecule has 0 unspecified atom stereocenters. The highest BCUT2D eigenvalue weighted by Crippen LogP contribution is 2.28. The number of nitrogens with zero attached hydrogens (tertiary/aromatic N) is 2. The lowest BCUT2D eigenvalue weighted by atomic mass is 10.1. The van der Waals surface area contributed by atoms with E-state index in [9.17, 15) is 4.79 Å². The van der Waals surface area contributed by atoms with Crippen LogP contribution in [-0.2, 0) is 0 Å². The van der Waals surface area contributed by atoms with Gasteiger partial charge in [0.25, 0.3) is 5.91 Å². The van der Waals surface area contributed by atoms with E-state index in [-0.39, 0.29) is 5.91 Å². The van der Waals surface area contributed by atoms with E-state index in [4.69, 9.17) is 0 Å². The monoisotopic (exact) mass is 315 g/mol. The van der Waals surface area contributed by atoms with Crippen molar-refractivity contribution in [3.63, 3.8) is 0 Å². The number of fused-ring (bicyclic) bond motifs is 2. The van der Waals surface area contributed by atoms with Gasteiger partial charge in [-0.2, -0.15) is 0 Å². The maximum Gasteiger partial charge on any atom is 0.258 e. The van der Waals surface area contributed by atoms with Gasteiger partial charge in [-0.3, -0.25) is 4.79 Å². The van der Waals surface area contributed by atoms with Gasteiger partial charge in [0.05, 0.1) is 23.0 Å². The van der Waals surface area contributed by atoms with E-state index >= 15 is 0 Å². The molecule has 1 N–H and O–H groups in total. The van der Waals surface area contributed by atoms with Gasteiger partial charge in [-0.1, -0.05) is 36.4 Å². The van der Waals surface area contributed by atoms with Crippen molar-refractivity contribution in [3.8, 4) is 0 Å². The van der Waals surface area contributed by atoms with Crippen molar-refractivity contribution in [2.75, 3.05) is 11.4 Å². The number of hydrogen-bond donors (Lipinski definition) is 1. The lowest BCUT2D eigenvalue weighted by molar-refractivity contribution is 0.0988. The summed E-state index contributed by atoms with van der Waals surface area (Å²) in [5.74, 6) is -0.00893. The highest BCUT2D eigenvalue weighted by atomic mass is 16.2. The van der Waals surface area contributed by atoms with E-state index in [1.807, 2.05) is 54.3 Å². The van der Waals surface area contributed by atoms with Crippen LogP contribution in [0.1, 0.15) is 17.3 Å². The second-order valence-corrected chi connectivity index (χ2v) is 5.68. The zero-order valence-electron chi connectivity index (χ0n) is 13.4. The SMILES string of the molecule is CCN(C(=O)c1ccc2nc[nH]c2c1)c1cccc2ccccc12. The summed E-state index contributed by atoms with van der Waals surface area (Å²) in [7, 11) is 0. The molecule has 1 heterocycles. The summed E-state index contributed by atoms with van der Waals surface area (Å²) < 4.78 is 0. The topological polar surface area (TPSA) is 49.0 Å². The summed E-state index contributed by atoms with van der Waals surface area (Å²) in [5.41, 5.74) is 3.32. The van der Waals surface area contributed by atoms with E-state index < -0.39 is 0 Å². The Balaban J connectivity index is 1.80. The molecule has 0 fully saturated rings. The van der Waals surface area contributed by atoms with Gasteiger partial charge in [0, 0.05) is 17.5 Å². The van der Waals surface area contributed by atoms with E-state index in [2.05, 4.69) is 28.2 Å². The molecule has 4 nitrogen and oxygen atoms in total. The fourth-order valence-electron chi connectivity index (χ4n) is 3.09. The van der Waals surface area contributed by atoms with Crippen LogP contribution in [0.4, 0.5) is 5.69 Å². The molecule has 4 aromatic rings. The van der Waals surface area contributed by atoms with Crippen molar-refractivity contribution in [2.45, 2.75) is 6.92 Å². The fraction of sp³-hybridized carbons (Fsp3) is 0.100. The zero-order chi connectivity index (χ0) is 16.5. The molecule has 0 saturated carbocycles. The summed E-state index contributed by atoms with van der Waals surface area (Å²) in [5, 5.41) is 2.21. The molecule has 4 heteroatoms. The normalized spacial score (nSPS) is 11.0. The maximum absolute atomic E-state index is 13.1. The molecule has 0 aliphatic rings. The molecule has 0 aliphatic carbocycles. The number of amides is 1. The number of H-pyrrole nitrogens is 1. The lowest BCUT2D eigenvalue weighted by Crippen LogP contribution is -2.30. The van der Waals surface area contributed by atoms with Crippen LogP contribution >= 0.6 is 0 Å². The number of nitrogens with one attached hydrogen (secondary N) is 1. The van der Waals surface area contributed by atoms with Crippen LogP contribution < -0.4 is 4.90 Å². The zero-order valence-corrected chi connectivity index (χ0v) is 13.4. The van der Waals surface area contributed by atoms with Gasteiger partial charge >= 0.3 is 0 Å². The van der Waals surface area contributed by atoms with Crippen LogP contribution in [0.15, 0.2) is 67.0 Å². The van der Waals surface area contributed by atoms with Crippen LogP contribution in [0, 0.1) is 0 Å². The second kappa shape index (κ2) is 5.81. The maximum atomic E-state index is 13.1. The van der Waals surface area contributed by atoms with Gasteiger partial charge in [0.15, 0.2) is 0 Å². The number of carbonyl (C=O) groups is 1. The Kier molecular flexibility index (Phi) is 3.50. The molecule has 3 aromatic carbocycles. The Morgan fingerprint density at radius 1 is 1.08 bits per heavy atom. The van der Waals surface area contributed by atoms with Crippen LogP contribution in [0.5, 0.6) is 0 Å². The molecule has 0 aliphatic heterocycles. The Morgan fingerprint density at radius 3 is 2.79 bits per heavy atom. The van der Waals surface area contributed by atoms with E-state index in [0.29, 0.717) is 12.1 Å². The summed E-state index contributed by atoms with van der Waals surface area (Å²) >= 11 is 0. The third-order valence-corrected chi connectivity index (χ3v) is 4.29. The minimum atomic E-state index is -0.00893. The Morgan fingerprint density at radius 2 is 1.92 bits per heavy atom. The second-order valence-electron chi connectivity index (χ2n) is 5.68. The van der Waals surface area contributed by atoms with Gasteiger partial charge in [0.1, 0.15) is 0 Å². The third kappa shape index (κ3) is 2.33. The van der Waals surface area contributed by atoms with Crippen molar-refractivity contribution in [2.24, 2.45) is 0 Å². The molecule has 1 amide bonds.